The van der Waals surface area contributed by atoms with Crippen molar-refractivity contribution < 1.29 is 9.59 Å². The Morgan fingerprint density at radius 1 is 1.31 bits per heavy atom. The number of allylic oxidation sites excluding steroid dienone is 5. The Hall–Kier alpha value is -1.44. The Labute approximate surface area is 77.6 Å². The summed E-state index contributed by atoms with van der Waals surface area (Å²) in [6.45, 7) is 7.19. The fraction of sp³-hybridized carbons (Fsp3) is 0.273. The fourth-order valence-corrected chi connectivity index (χ4v) is 1.17. The summed E-state index contributed by atoms with van der Waals surface area (Å²) in [5, 5.41) is 0. The van der Waals surface area contributed by atoms with Gasteiger partial charge in [-0.1, -0.05) is 12.2 Å². The first-order valence-corrected chi connectivity index (χ1v) is 4.12. The summed E-state index contributed by atoms with van der Waals surface area (Å²) in [6.07, 6.45) is 3.29. The van der Waals surface area contributed by atoms with Gasteiger partial charge in [-0.3, -0.25) is 9.59 Å². The third kappa shape index (κ3) is 2.25. The van der Waals surface area contributed by atoms with E-state index in [1.165, 1.54) is 12.2 Å². The van der Waals surface area contributed by atoms with Crippen LogP contribution in [0, 0.1) is 0 Å². The molecule has 0 fully saturated rings. The first-order chi connectivity index (χ1) is 6.00. The summed E-state index contributed by atoms with van der Waals surface area (Å²) >= 11 is 0. The molecule has 1 aliphatic rings. The molecular weight excluding hydrogens is 164 g/mol. The molecule has 2 nitrogen and oxygen atoms in total. The van der Waals surface area contributed by atoms with Crippen LogP contribution in [-0.2, 0) is 9.59 Å². The lowest BCUT2D eigenvalue weighted by Gasteiger charge is -2.08. The predicted molar refractivity (Wildman–Crippen MR) is 51.3 cm³/mol. The number of carbonyl (C=O) groups excluding carboxylic acids is 2. The Kier molecular flexibility index (Phi) is 2.61. The molecule has 1 aliphatic carbocycles. The molecule has 0 unspecified atom stereocenters. The van der Waals surface area contributed by atoms with E-state index in [9.17, 15) is 9.59 Å². The van der Waals surface area contributed by atoms with Crippen molar-refractivity contribution in [1.82, 2.24) is 0 Å². The predicted octanol–water partition coefficient (Wildman–Crippen LogP) is 1.98. The van der Waals surface area contributed by atoms with Gasteiger partial charge in [-0.25, -0.2) is 0 Å². The highest BCUT2D eigenvalue weighted by Gasteiger charge is 2.16. The summed E-state index contributed by atoms with van der Waals surface area (Å²) < 4.78 is 0. The average molecular weight is 176 g/mol. The zero-order valence-electron chi connectivity index (χ0n) is 7.89. The minimum Gasteiger partial charge on any atom is -0.290 e. The maximum absolute atomic E-state index is 11.3. The second kappa shape index (κ2) is 3.52. The lowest BCUT2D eigenvalue weighted by Crippen LogP contribution is -2.11. The van der Waals surface area contributed by atoms with Crippen molar-refractivity contribution >= 4 is 11.6 Å². The van der Waals surface area contributed by atoms with Gasteiger partial charge in [0.25, 0.3) is 0 Å². The van der Waals surface area contributed by atoms with Crippen LogP contribution in [-0.4, -0.2) is 11.6 Å². The molecule has 0 amide bonds. The summed E-state index contributed by atoms with van der Waals surface area (Å²) in [6, 6.07) is 0. The van der Waals surface area contributed by atoms with Crippen LogP contribution in [0.25, 0.3) is 0 Å². The topological polar surface area (TPSA) is 34.1 Å². The van der Waals surface area contributed by atoms with Crippen molar-refractivity contribution in [2.75, 3.05) is 0 Å². The minimum atomic E-state index is -0.0733. The van der Waals surface area contributed by atoms with Gasteiger partial charge in [0, 0.05) is 11.1 Å². The highest BCUT2D eigenvalue weighted by Crippen LogP contribution is 2.17. The van der Waals surface area contributed by atoms with Crippen molar-refractivity contribution in [2.24, 2.45) is 0 Å². The maximum Gasteiger partial charge on any atom is 0.182 e. The number of ketones is 2. The molecule has 0 aromatic rings. The van der Waals surface area contributed by atoms with Gasteiger partial charge in [-0.05, 0) is 32.4 Å². The molecule has 1 rings (SSSR count). The molecule has 0 saturated carbocycles. The molecule has 0 spiro atoms. The van der Waals surface area contributed by atoms with E-state index in [-0.39, 0.29) is 11.6 Å². The van der Waals surface area contributed by atoms with E-state index in [4.69, 9.17) is 0 Å². The van der Waals surface area contributed by atoms with Crippen molar-refractivity contribution in [1.29, 1.82) is 0 Å². The highest BCUT2D eigenvalue weighted by molar-refractivity contribution is 6.19. The number of carbonyl (C=O) groups is 2. The van der Waals surface area contributed by atoms with Crippen molar-refractivity contribution in [3.63, 3.8) is 0 Å². The molecule has 0 radical (unpaired) electrons. The largest absolute Gasteiger partial charge is 0.290 e. The van der Waals surface area contributed by atoms with Gasteiger partial charge in [0.1, 0.15) is 0 Å². The summed E-state index contributed by atoms with van der Waals surface area (Å²) in [5.41, 5.74) is 1.94. The van der Waals surface area contributed by atoms with Crippen LogP contribution >= 0.6 is 0 Å². The second-order valence-corrected chi connectivity index (χ2v) is 3.36. The molecular formula is C11H12O2. The van der Waals surface area contributed by atoms with E-state index >= 15 is 0 Å². The molecule has 13 heavy (non-hydrogen) atoms. The van der Waals surface area contributed by atoms with Gasteiger partial charge in [0.2, 0.25) is 0 Å². The fourth-order valence-electron chi connectivity index (χ4n) is 1.17. The highest BCUT2D eigenvalue weighted by atomic mass is 16.1. The molecule has 0 bridgehead atoms. The van der Waals surface area contributed by atoms with Crippen LogP contribution in [0.4, 0.5) is 0 Å². The molecule has 0 heterocycles. The van der Waals surface area contributed by atoms with Crippen molar-refractivity contribution in [3.8, 4) is 0 Å². The first kappa shape index (κ1) is 9.65. The Balaban J connectivity index is 2.89. The number of hydrogen-bond donors (Lipinski definition) is 0. The molecule has 0 saturated heterocycles. The van der Waals surface area contributed by atoms with E-state index in [0.29, 0.717) is 17.6 Å². The van der Waals surface area contributed by atoms with Gasteiger partial charge >= 0.3 is 0 Å². The summed E-state index contributed by atoms with van der Waals surface area (Å²) in [4.78, 5) is 22.6. The van der Waals surface area contributed by atoms with E-state index in [2.05, 4.69) is 6.58 Å². The smallest absolute Gasteiger partial charge is 0.182 e. The number of rotatable bonds is 2. The van der Waals surface area contributed by atoms with Gasteiger partial charge in [0.15, 0.2) is 11.6 Å². The molecule has 0 atom stereocenters. The standard InChI is InChI=1S/C11H12O2/c1-7(2)4-9-6-10(12)8(3)5-11(9)13/h5-6H,1,4H2,2-3H3. The van der Waals surface area contributed by atoms with Crippen molar-refractivity contribution in [3.05, 3.63) is 35.5 Å². The Morgan fingerprint density at radius 2 is 1.92 bits per heavy atom. The van der Waals surface area contributed by atoms with Crippen LogP contribution < -0.4 is 0 Å². The lowest BCUT2D eigenvalue weighted by atomic mass is 9.94. The average Bonchev–Trinajstić information content (AvgIpc) is 1.99. The number of hydrogen-bond acceptors (Lipinski definition) is 2. The van der Waals surface area contributed by atoms with Crippen molar-refractivity contribution in [2.45, 2.75) is 20.3 Å². The van der Waals surface area contributed by atoms with E-state index < -0.39 is 0 Å². The SMILES string of the molecule is C=C(C)CC1=CC(=O)C(C)=CC1=O. The monoisotopic (exact) mass is 176 g/mol. The summed E-state index contributed by atoms with van der Waals surface area (Å²) in [7, 11) is 0. The maximum atomic E-state index is 11.3. The van der Waals surface area contributed by atoms with Crippen LogP contribution in [0.2, 0.25) is 0 Å². The Bertz CT molecular complexity index is 343. The van der Waals surface area contributed by atoms with E-state index in [1.807, 2.05) is 6.92 Å². The molecule has 0 aromatic carbocycles. The molecule has 0 aliphatic heterocycles. The van der Waals surface area contributed by atoms with E-state index in [0.717, 1.165) is 5.57 Å². The minimum absolute atomic E-state index is 0.0694. The zero-order chi connectivity index (χ0) is 10.0. The van der Waals surface area contributed by atoms with Gasteiger partial charge in [0.05, 0.1) is 0 Å². The normalized spacial score (nSPS) is 16.8. The van der Waals surface area contributed by atoms with Crippen LogP contribution in [0.1, 0.15) is 20.3 Å². The third-order valence-corrected chi connectivity index (χ3v) is 1.85. The van der Waals surface area contributed by atoms with Gasteiger partial charge < -0.3 is 0 Å². The molecule has 0 aromatic heterocycles. The molecule has 2 heteroatoms. The second-order valence-electron chi connectivity index (χ2n) is 3.36. The quantitative estimate of drug-likeness (QED) is 0.476. The zero-order valence-corrected chi connectivity index (χ0v) is 7.89. The molecule has 68 valence electrons. The Morgan fingerprint density at radius 3 is 2.46 bits per heavy atom. The van der Waals surface area contributed by atoms with Gasteiger partial charge in [-0.15, -0.1) is 0 Å². The van der Waals surface area contributed by atoms with Crippen LogP contribution in [0.5, 0.6) is 0 Å². The van der Waals surface area contributed by atoms with Crippen LogP contribution in [0.3, 0.4) is 0 Å². The van der Waals surface area contributed by atoms with Gasteiger partial charge in [-0.2, -0.15) is 0 Å². The first-order valence-electron chi connectivity index (χ1n) is 4.12. The lowest BCUT2D eigenvalue weighted by molar-refractivity contribution is -0.115. The molecule has 0 N–H and O–H groups in total. The van der Waals surface area contributed by atoms with E-state index in [1.54, 1.807) is 6.92 Å². The third-order valence-electron chi connectivity index (χ3n) is 1.85. The summed E-state index contributed by atoms with van der Waals surface area (Å²) in [5.74, 6) is -0.143. The van der Waals surface area contributed by atoms with Crippen LogP contribution in [0.15, 0.2) is 35.5 Å².